The van der Waals surface area contributed by atoms with Crippen LogP contribution in [0.5, 0.6) is 0 Å². The van der Waals surface area contributed by atoms with Crippen molar-refractivity contribution >= 4 is 0 Å². The highest BCUT2D eigenvalue weighted by molar-refractivity contribution is 5.23. The van der Waals surface area contributed by atoms with E-state index in [9.17, 15) is 0 Å². The zero-order chi connectivity index (χ0) is 15.8. The minimum atomic E-state index is -0.805. The maximum atomic E-state index is 5.93. The van der Waals surface area contributed by atoms with E-state index < -0.39 is 11.9 Å². The summed E-state index contributed by atoms with van der Waals surface area (Å²) in [7, 11) is 1.66. The van der Waals surface area contributed by atoms with Crippen molar-refractivity contribution in [1.82, 2.24) is 14.8 Å². The molecule has 120 valence electrons. The van der Waals surface area contributed by atoms with Crippen LogP contribution in [0.3, 0.4) is 0 Å². The molecule has 0 radical (unpaired) electrons. The first kappa shape index (κ1) is 16.6. The summed E-state index contributed by atoms with van der Waals surface area (Å²) in [5, 5.41) is 4.19. The maximum absolute atomic E-state index is 5.93. The monoisotopic (exact) mass is 305 g/mol. The van der Waals surface area contributed by atoms with Gasteiger partial charge in [0.1, 0.15) is 12.7 Å². The van der Waals surface area contributed by atoms with E-state index in [2.05, 4.69) is 10.1 Å². The number of ether oxygens (including phenoxy) is 3. The summed E-state index contributed by atoms with van der Waals surface area (Å²) in [5.74, 6) is 0. The summed E-state index contributed by atoms with van der Waals surface area (Å²) in [6.07, 6.45) is 2.62. The summed E-state index contributed by atoms with van der Waals surface area (Å²) in [4.78, 5) is 4.00. The fraction of sp³-hybridized carbons (Fsp3) is 0.500. The molecule has 0 aliphatic carbocycles. The normalized spacial score (nSPS) is 14.2. The number of benzene rings is 1. The van der Waals surface area contributed by atoms with Gasteiger partial charge in [-0.15, -0.1) is 0 Å². The highest BCUT2D eigenvalue weighted by Gasteiger charge is 2.43. The molecule has 0 saturated carbocycles. The van der Waals surface area contributed by atoms with Crippen molar-refractivity contribution in [1.29, 1.82) is 0 Å². The minimum absolute atomic E-state index is 0.443. The summed E-state index contributed by atoms with van der Waals surface area (Å²) in [6.45, 7) is 5.37. The minimum Gasteiger partial charge on any atom is -0.366 e. The average molecular weight is 305 g/mol. The standard InChI is InChI=1S/C16H23N3O3/c1-4-21-15(22-5-2)16(20-3,11-19-13-17-12-18-19)14-9-7-6-8-10-14/h6-10,12-13,15H,4-5,11H2,1-3H3. The van der Waals surface area contributed by atoms with E-state index in [1.165, 1.54) is 6.33 Å². The van der Waals surface area contributed by atoms with Gasteiger partial charge >= 0.3 is 0 Å². The Labute approximate surface area is 131 Å². The lowest BCUT2D eigenvalue weighted by atomic mass is 9.92. The number of methoxy groups -OCH3 is 1. The molecule has 1 atom stereocenters. The molecule has 0 aliphatic heterocycles. The number of aromatic nitrogens is 3. The van der Waals surface area contributed by atoms with Crippen LogP contribution in [0.25, 0.3) is 0 Å². The number of hydrogen-bond donors (Lipinski definition) is 0. The second-order valence-electron chi connectivity index (χ2n) is 4.80. The van der Waals surface area contributed by atoms with Crippen molar-refractivity contribution in [2.24, 2.45) is 0 Å². The van der Waals surface area contributed by atoms with Crippen molar-refractivity contribution in [3.63, 3.8) is 0 Å². The van der Waals surface area contributed by atoms with E-state index in [1.54, 1.807) is 18.1 Å². The van der Waals surface area contributed by atoms with Gasteiger partial charge in [0.15, 0.2) is 11.9 Å². The lowest BCUT2D eigenvalue weighted by Gasteiger charge is -2.38. The van der Waals surface area contributed by atoms with Gasteiger partial charge in [-0.1, -0.05) is 30.3 Å². The van der Waals surface area contributed by atoms with Gasteiger partial charge in [0.25, 0.3) is 0 Å². The van der Waals surface area contributed by atoms with Gasteiger partial charge in [-0.25, -0.2) is 9.67 Å². The topological polar surface area (TPSA) is 58.4 Å². The van der Waals surface area contributed by atoms with Crippen molar-refractivity contribution in [2.45, 2.75) is 32.3 Å². The Morgan fingerprint density at radius 2 is 1.82 bits per heavy atom. The third kappa shape index (κ3) is 3.52. The summed E-state index contributed by atoms with van der Waals surface area (Å²) < 4.78 is 19.3. The van der Waals surface area contributed by atoms with Crippen LogP contribution in [-0.2, 0) is 26.4 Å². The predicted octanol–water partition coefficient (Wildman–Crippen LogP) is 2.22. The Morgan fingerprint density at radius 3 is 2.32 bits per heavy atom. The Morgan fingerprint density at radius 1 is 1.14 bits per heavy atom. The van der Waals surface area contributed by atoms with Crippen molar-refractivity contribution < 1.29 is 14.2 Å². The molecule has 6 heteroatoms. The van der Waals surface area contributed by atoms with Gasteiger partial charge in [-0.3, -0.25) is 0 Å². The molecular weight excluding hydrogens is 282 g/mol. The van der Waals surface area contributed by atoms with E-state index in [-0.39, 0.29) is 0 Å². The number of hydrogen-bond acceptors (Lipinski definition) is 5. The molecule has 0 N–H and O–H groups in total. The fourth-order valence-electron chi connectivity index (χ4n) is 2.48. The molecule has 1 aromatic carbocycles. The van der Waals surface area contributed by atoms with Crippen LogP contribution in [0.15, 0.2) is 43.0 Å². The highest BCUT2D eigenvalue weighted by atomic mass is 16.7. The summed E-state index contributed by atoms with van der Waals surface area (Å²) in [5.41, 5.74) is 0.168. The molecule has 0 bridgehead atoms. The first-order chi connectivity index (χ1) is 10.8. The average Bonchev–Trinajstić information content (AvgIpc) is 3.06. The molecule has 22 heavy (non-hydrogen) atoms. The van der Waals surface area contributed by atoms with Crippen LogP contribution in [0.4, 0.5) is 0 Å². The number of nitrogens with zero attached hydrogens (tertiary/aromatic N) is 3. The van der Waals surface area contributed by atoms with Crippen molar-refractivity contribution in [2.75, 3.05) is 20.3 Å². The second-order valence-corrected chi connectivity index (χ2v) is 4.80. The van der Waals surface area contributed by atoms with Gasteiger partial charge in [0.05, 0.1) is 6.54 Å². The summed E-state index contributed by atoms with van der Waals surface area (Å²) >= 11 is 0. The molecule has 1 unspecified atom stereocenters. The molecule has 0 fully saturated rings. The van der Waals surface area contributed by atoms with Crippen LogP contribution >= 0.6 is 0 Å². The molecule has 1 heterocycles. The van der Waals surface area contributed by atoms with Crippen molar-refractivity contribution in [3.8, 4) is 0 Å². The summed E-state index contributed by atoms with van der Waals surface area (Å²) in [6, 6.07) is 9.92. The highest BCUT2D eigenvalue weighted by Crippen LogP contribution is 2.33. The quantitative estimate of drug-likeness (QED) is 0.665. The molecule has 0 saturated heterocycles. The lowest BCUT2D eigenvalue weighted by Crippen LogP contribution is -2.48. The molecular formula is C16H23N3O3. The zero-order valence-electron chi connectivity index (χ0n) is 13.3. The van der Waals surface area contributed by atoms with Crippen LogP contribution in [0.1, 0.15) is 19.4 Å². The SMILES string of the molecule is CCOC(OCC)C(Cn1cncn1)(OC)c1ccccc1. The van der Waals surface area contributed by atoms with Crippen LogP contribution < -0.4 is 0 Å². The Balaban J connectivity index is 2.44. The van der Waals surface area contributed by atoms with Crippen LogP contribution in [0.2, 0.25) is 0 Å². The lowest BCUT2D eigenvalue weighted by molar-refractivity contribution is -0.255. The van der Waals surface area contributed by atoms with Gasteiger partial charge in [-0.05, 0) is 19.4 Å². The van der Waals surface area contributed by atoms with E-state index in [0.717, 1.165) is 5.56 Å². The van der Waals surface area contributed by atoms with E-state index in [0.29, 0.717) is 19.8 Å². The van der Waals surface area contributed by atoms with Crippen LogP contribution in [0, 0.1) is 0 Å². The van der Waals surface area contributed by atoms with Crippen molar-refractivity contribution in [3.05, 3.63) is 48.5 Å². The van der Waals surface area contributed by atoms with E-state index in [4.69, 9.17) is 14.2 Å². The van der Waals surface area contributed by atoms with Gasteiger partial charge in [0, 0.05) is 20.3 Å². The first-order valence-corrected chi connectivity index (χ1v) is 7.43. The van der Waals surface area contributed by atoms with Gasteiger partial charge in [0.2, 0.25) is 0 Å². The fourth-order valence-corrected chi connectivity index (χ4v) is 2.48. The second kappa shape index (κ2) is 8.03. The smallest absolute Gasteiger partial charge is 0.192 e. The first-order valence-electron chi connectivity index (χ1n) is 7.43. The maximum Gasteiger partial charge on any atom is 0.192 e. The molecule has 2 aromatic rings. The molecule has 2 rings (SSSR count). The molecule has 6 nitrogen and oxygen atoms in total. The molecule has 0 aliphatic rings. The predicted molar refractivity (Wildman–Crippen MR) is 82.2 cm³/mol. The van der Waals surface area contributed by atoms with E-state index >= 15 is 0 Å². The zero-order valence-corrected chi connectivity index (χ0v) is 13.3. The van der Waals surface area contributed by atoms with Gasteiger partial charge in [-0.2, -0.15) is 5.10 Å². The van der Waals surface area contributed by atoms with Gasteiger partial charge < -0.3 is 14.2 Å². The Kier molecular flexibility index (Phi) is 6.06. The molecule has 0 amide bonds. The largest absolute Gasteiger partial charge is 0.366 e. The molecule has 0 spiro atoms. The third-order valence-electron chi connectivity index (χ3n) is 3.51. The Hall–Kier alpha value is -1.76. The Bertz CT molecular complexity index is 527. The van der Waals surface area contributed by atoms with Crippen LogP contribution in [-0.4, -0.2) is 41.4 Å². The number of rotatable bonds is 9. The third-order valence-corrected chi connectivity index (χ3v) is 3.51. The van der Waals surface area contributed by atoms with E-state index in [1.807, 2.05) is 44.2 Å². The molecule has 1 aromatic heterocycles.